The van der Waals surface area contributed by atoms with Crippen molar-refractivity contribution >= 4 is 10.0 Å². The van der Waals surface area contributed by atoms with Crippen molar-refractivity contribution in [2.24, 2.45) is 0 Å². The standard InChI is InChI=1S/C10H19N3O3S/c1-4-5-13-7-10(6-9(13)8-14)17(15,16)11-12(2)3/h6-7,11,14H,4-5,8H2,1-3H3. The Morgan fingerprint density at radius 1 is 1.47 bits per heavy atom. The predicted molar refractivity (Wildman–Crippen MR) is 64.7 cm³/mol. The fourth-order valence-electron chi connectivity index (χ4n) is 1.55. The van der Waals surface area contributed by atoms with Crippen molar-refractivity contribution in [3.63, 3.8) is 0 Å². The van der Waals surface area contributed by atoms with Crippen LogP contribution in [0.5, 0.6) is 0 Å². The van der Waals surface area contributed by atoms with Gasteiger partial charge in [0.2, 0.25) is 0 Å². The van der Waals surface area contributed by atoms with E-state index in [1.165, 1.54) is 11.1 Å². The van der Waals surface area contributed by atoms with Crippen molar-refractivity contribution in [2.45, 2.75) is 31.4 Å². The van der Waals surface area contributed by atoms with Gasteiger partial charge in [0, 0.05) is 32.5 Å². The van der Waals surface area contributed by atoms with Gasteiger partial charge >= 0.3 is 0 Å². The second kappa shape index (κ2) is 5.63. The van der Waals surface area contributed by atoms with E-state index in [4.69, 9.17) is 5.11 Å². The molecule has 0 bridgehead atoms. The monoisotopic (exact) mass is 261 g/mol. The molecule has 1 rings (SSSR count). The van der Waals surface area contributed by atoms with Crippen LogP contribution < -0.4 is 4.83 Å². The molecule has 0 aliphatic carbocycles. The van der Waals surface area contributed by atoms with Crippen LogP contribution in [-0.2, 0) is 23.2 Å². The number of aromatic nitrogens is 1. The first-order valence-electron chi connectivity index (χ1n) is 5.40. The zero-order valence-electron chi connectivity index (χ0n) is 10.3. The fourth-order valence-corrected chi connectivity index (χ4v) is 2.69. The van der Waals surface area contributed by atoms with Gasteiger partial charge in [0.25, 0.3) is 10.0 Å². The molecule has 0 fully saturated rings. The molecule has 1 aromatic heterocycles. The minimum Gasteiger partial charge on any atom is -0.390 e. The molecule has 0 amide bonds. The molecule has 0 aliphatic rings. The van der Waals surface area contributed by atoms with Crippen molar-refractivity contribution in [1.29, 1.82) is 0 Å². The lowest BCUT2D eigenvalue weighted by Gasteiger charge is -2.10. The topological polar surface area (TPSA) is 74.6 Å². The van der Waals surface area contributed by atoms with Gasteiger partial charge in [-0.1, -0.05) is 6.92 Å². The normalized spacial score (nSPS) is 12.3. The van der Waals surface area contributed by atoms with Gasteiger partial charge < -0.3 is 9.67 Å². The Bertz CT molecular complexity index is 465. The molecule has 0 atom stereocenters. The van der Waals surface area contributed by atoms with E-state index >= 15 is 0 Å². The Balaban J connectivity index is 3.07. The number of rotatable bonds is 6. The second-order valence-corrected chi connectivity index (χ2v) is 5.67. The summed E-state index contributed by atoms with van der Waals surface area (Å²) in [6.07, 6.45) is 2.42. The molecular formula is C10H19N3O3S. The Morgan fingerprint density at radius 3 is 2.59 bits per heavy atom. The molecule has 0 spiro atoms. The first-order chi connectivity index (χ1) is 7.90. The first-order valence-corrected chi connectivity index (χ1v) is 6.88. The maximum Gasteiger partial charge on any atom is 0.254 e. The Morgan fingerprint density at radius 2 is 2.12 bits per heavy atom. The summed E-state index contributed by atoms with van der Waals surface area (Å²) in [5, 5.41) is 10.5. The summed E-state index contributed by atoms with van der Waals surface area (Å²) in [6, 6.07) is 1.49. The van der Waals surface area contributed by atoms with Crippen molar-refractivity contribution < 1.29 is 13.5 Å². The highest BCUT2D eigenvalue weighted by molar-refractivity contribution is 7.89. The number of hydrogen-bond acceptors (Lipinski definition) is 4. The number of aryl methyl sites for hydroxylation is 1. The molecule has 98 valence electrons. The average molecular weight is 261 g/mol. The lowest BCUT2D eigenvalue weighted by atomic mass is 10.4. The van der Waals surface area contributed by atoms with E-state index in [0.29, 0.717) is 12.2 Å². The number of sulfonamides is 1. The summed E-state index contributed by atoms with van der Waals surface area (Å²) in [7, 11) is -0.336. The lowest BCUT2D eigenvalue weighted by molar-refractivity contribution is 0.270. The molecule has 1 heterocycles. The number of hydrogen-bond donors (Lipinski definition) is 2. The molecule has 0 saturated carbocycles. The summed E-state index contributed by atoms with van der Waals surface area (Å²) in [5.41, 5.74) is 0.603. The predicted octanol–water partition coefficient (Wildman–Crippen LogP) is 0.145. The summed E-state index contributed by atoms with van der Waals surface area (Å²) >= 11 is 0. The second-order valence-electron chi connectivity index (χ2n) is 4.01. The van der Waals surface area contributed by atoms with E-state index in [-0.39, 0.29) is 11.5 Å². The van der Waals surface area contributed by atoms with Gasteiger partial charge in [0.05, 0.1) is 6.61 Å². The van der Waals surface area contributed by atoms with E-state index in [1.54, 1.807) is 24.9 Å². The van der Waals surface area contributed by atoms with Crippen LogP contribution >= 0.6 is 0 Å². The largest absolute Gasteiger partial charge is 0.390 e. The van der Waals surface area contributed by atoms with Crippen LogP contribution in [0.3, 0.4) is 0 Å². The van der Waals surface area contributed by atoms with E-state index in [2.05, 4.69) is 4.83 Å². The zero-order chi connectivity index (χ0) is 13.1. The molecule has 17 heavy (non-hydrogen) atoms. The SMILES string of the molecule is CCCn1cc(S(=O)(=O)NN(C)C)cc1CO. The minimum absolute atomic E-state index is 0.169. The highest BCUT2D eigenvalue weighted by atomic mass is 32.2. The maximum atomic E-state index is 11.9. The minimum atomic E-state index is -3.55. The molecule has 0 aliphatic heterocycles. The van der Waals surface area contributed by atoms with Gasteiger partial charge in [-0.05, 0) is 12.5 Å². The lowest BCUT2D eigenvalue weighted by Crippen LogP contribution is -2.35. The van der Waals surface area contributed by atoms with Gasteiger partial charge in [0.1, 0.15) is 4.90 Å². The van der Waals surface area contributed by atoms with Crippen molar-refractivity contribution in [3.8, 4) is 0 Å². The number of aliphatic hydroxyl groups excluding tert-OH is 1. The van der Waals surface area contributed by atoms with Crippen LogP contribution in [-0.4, -0.2) is 37.2 Å². The molecule has 6 nitrogen and oxygen atoms in total. The summed E-state index contributed by atoms with van der Waals surface area (Å²) in [5.74, 6) is 0. The van der Waals surface area contributed by atoms with Gasteiger partial charge in [-0.3, -0.25) is 0 Å². The summed E-state index contributed by atoms with van der Waals surface area (Å²) < 4.78 is 25.5. The molecule has 0 aromatic carbocycles. The molecule has 0 radical (unpaired) electrons. The smallest absolute Gasteiger partial charge is 0.254 e. The van der Waals surface area contributed by atoms with Crippen LogP contribution in [0.2, 0.25) is 0 Å². The third-order valence-electron chi connectivity index (χ3n) is 2.20. The van der Waals surface area contributed by atoms with E-state index in [9.17, 15) is 8.42 Å². The number of aliphatic hydroxyl groups is 1. The van der Waals surface area contributed by atoms with Gasteiger partial charge in [-0.2, -0.15) is 0 Å². The van der Waals surface area contributed by atoms with Crippen molar-refractivity contribution in [3.05, 3.63) is 18.0 Å². The molecule has 7 heteroatoms. The van der Waals surface area contributed by atoms with Crippen LogP contribution in [0.4, 0.5) is 0 Å². The molecule has 1 aromatic rings. The fraction of sp³-hybridized carbons (Fsp3) is 0.600. The van der Waals surface area contributed by atoms with Crippen LogP contribution in [0.1, 0.15) is 19.0 Å². The van der Waals surface area contributed by atoms with E-state index in [0.717, 1.165) is 6.42 Å². The van der Waals surface area contributed by atoms with Gasteiger partial charge in [-0.15, -0.1) is 4.83 Å². The van der Waals surface area contributed by atoms with Crippen molar-refractivity contribution in [1.82, 2.24) is 14.4 Å². The van der Waals surface area contributed by atoms with Crippen LogP contribution in [0.25, 0.3) is 0 Å². The first kappa shape index (κ1) is 14.2. The summed E-state index contributed by atoms with van der Waals surface area (Å²) in [4.78, 5) is 2.52. The Labute approximate surface area is 102 Å². The molecule has 0 saturated heterocycles. The van der Waals surface area contributed by atoms with E-state index in [1.807, 2.05) is 6.92 Å². The molecular weight excluding hydrogens is 242 g/mol. The summed E-state index contributed by atoms with van der Waals surface area (Å²) in [6.45, 7) is 2.51. The number of nitrogens with one attached hydrogen (secondary N) is 1. The molecule has 2 N–H and O–H groups in total. The number of nitrogens with zero attached hydrogens (tertiary/aromatic N) is 2. The average Bonchev–Trinajstić information content (AvgIpc) is 2.60. The maximum absolute atomic E-state index is 11.9. The zero-order valence-corrected chi connectivity index (χ0v) is 11.2. The Hall–Kier alpha value is -0.890. The third kappa shape index (κ3) is 3.53. The van der Waals surface area contributed by atoms with Crippen molar-refractivity contribution in [2.75, 3.05) is 14.1 Å². The van der Waals surface area contributed by atoms with Crippen LogP contribution in [0, 0.1) is 0 Å². The number of hydrazine groups is 1. The molecule has 0 unspecified atom stereocenters. The third-order valence-corrected chi connectivity index (χ3v) is 3.65. The van der Waals surface area contributed by atoms with Gasteiger partial charge in [-0.25, -0.2) is 13.4 Å². The van der Waals surface area contributed by atoms with Crippen LogP contribution in [0.15, 0.2) is 17.2 Å². The quantitative estimate of drug-likeness (QED) is 0.715. The highest BCUT2D eigenvalue weighted by Gasteiger charge is 2.18. The van der Waals surface area contributed by atoms with Gasteiger partial charge in [0.15, 0.2) is 0 Å². The Kier molecular flexibility index (Phi) is 4.70. The highest BCUT2D eigenvalue weighted by Crippen LogP contribution is 2.15. The van der Waals surface area contributed by atoms with E-state index < -0.39 is 10.0 Å².